The van der Waals surface area contributed by atoms with Crippen molar-refractivity contribution in [1.82, 2.24) is 9.59 Å². The minimum atomic E-state index is -0.103. The molecule has 1 aromatic carbocycles. The van der Waals surface area contributed by atoms with E-state index < -0.39 is 0 Å². The molecule has 2 aromatic rings. The minimum Gasteiger partial charge on any atom is -0.495 e. The molecule has 0 atom stereocenters. The summed E-state index contributed by atoms with van der Waals surface area (Å²) in [6.07, 6.45) is 0. The first-order valence-corrected chi connectivity index (χ1v) is 6.90. The average molecular weight is 297 g/mol. The van der Waals surface area contributed by atoms with E-state index in [1.807, 2.05) is 13.8 Å². The molecule has 0 N–H and O–H groups in total. The zero-order valence-electron chi connectivity index (χ0n) is 10.8. The lowest BCUT2D eigenvalue weighted by atomic mass is 10.0. The predicted molar refractivity (Wildman–Crippen MR) is 75.4 cm³/mol. The molecule has 0 saturated carbocycles. The average Bonchev–Trinajstić information content (AvgIpc) is 2.87. The van der Waals surface area contributed by atoms with E-state index in [9.17, 15) is 4.79 Å². The number of nitrogens with zero attached hydrogens (tertiary/aromatic N) is 2. The third-order valence-electron chi connectivity index (χ3n) is 2.68. The lowest BCUT2D eigenvalue weighted by Crippen LogP contribution is -2.04. The minimum absolute atomic E-state index is 0.103. The van der Waals surface area contributed by atoms with Crippen LogP contribution < -0.4 is 4.74 Å². The van der Waals surface area contributed by atoms with E-state index in [0.29, 0.717) is 21.2 Å². The van der Waals surface area contributed by atoms with Crippen LogP contribution in [-0.2, 0) is 0 Å². The highest BCUT2D eigenvalue weighted by atomic mass is 35.5. The summed E-state index contributed by atoms with van der Waals surface area (Å²) in [6, 6.07) is 4.96. The highest BCUT2D eigenvalue weighted by Crippen LogP contribution is 2.28. The van der Waals surface area contributed by atoms with Crippen LogP contribution >= 0.6 is 23.1 Å². The lowest BCUT2D eigenvalue weighted by Gasteiger charge is -2.06. The van der Waals surface area contributed by atoms with Gasteiger partial charge in [0.15, 0.2) is 0 Å². The number of ketones is 1. The number of carbonyl (C=O) groups excluding carboxylic acids is 1. The Morgan fingerprint density at radius 3 is 2.79 bits per heavy atom. The van der Waals surface area contributed by atoms with E-state index in [0.717, 1.165) is 17.2 Å². The first kappa shape index (κ1) is 14.0. The van der Waals surface area contributed by atoms with Gasteiger partial charge in [-0.25, -0.2) is 0 Å². The van der Waals surface area contributed by atoms with Gasteiger partial charge in [0.1, 0.15) is 10.6 Å². The van der Waals surface area contributed by atoms with Crippen LogP contribution in [0.5, 0.6) is 5.75 Å². The van der Waals surface area contributed by atoms with Gasteiger partial charge in [-0.3, -0.25) is 4.79 Å². The maximum absolute atomic E-state index is 12.4. The summed E-state index contributed by atoms with van der Waals surface area (Å²) in [5.74, 6) is 0.539. The van der Waals surface area contributed by atoms with Crippen LogP contribution in [-0.4, -0.2) is 22.5 Å². The number of carbonyl (C=O) groups is 1. The number of benzene rings is 1. The molecule has 0 aliphatic heterocycles. The van der Waals surface area contributed by atoms with Crippen molar-refractivity contribution in [3.8, 4) is 5.75 Å². The molecule has 2 rings (SSSR count). The number of hydrogen-bond donors (Lipinski definition) is 0. The highest BCUT2D eigenvalue weighted by Gasteiger charge is 2.20. The summed E-state index contributed by atoms with van der Waals surface area (Å²) < 4.78 is 8.98. The predicted octanol–water partition coefficient (Wildman–Crippen LogP) is 3.55. The van der Waals surface area contributed by atoms with Gasteiger partial charge in [-0.2, -0.15) is 0 Å². The number of aromatic nitrogens is 2. The quantitative estimate of drug-likeness (QED) is 0.810. The molecule has 0 bridgehead atoms. The van der Waals surface area contributed by atoms with Crippen molar-refractivity contribution >= 4 is 28.9 Å². The van der Waals surface area contributed by atoms with Crippen molar-refractivity contribution in [3.63, 3.8) is 0 Å². The lowest BCUT2D eigenvalue weighted by molar-refractivity contribution is 0.104. The van der Waals surface area contributed by atoms with Crippen molar-refractivity contribution in [2.24, 2.45) is 0 Å². The van der Waals surface area contributed by atoms with Crippen LogP contribution in [0.15, 0.2) is 18.2 Å². The molecular formula is C13H13ClN2O2S. The van der Waals surface area contributed by atoms with E-state index >= 15 is 0 Å². The van der Waals surface area contributed by atoms with Crippen molar-refractivity contribution in [2.45, 2.75) is 19.8 Å². The summed E-state index contributed by atoms with van der Waals surface area (Å²) in [4.78, 5) is 13.0. The number of hydrogen-bond acceptors (Lipinski definition) is 5. The summed E-state index contributed by atoms with van der Waals surface area (Å²) in [5.41, 5.74) is 1.25. The van der Waals surface area contributed by atoms with Gasteiger partial charge in [-0.1, -0.05) is 29.9 Å². The second-order valence-corrected chi connectivity index (χ2v) is 5.48. The standard InChI is InChI=1S/C13H13ClN2O2S/c1-7(2)11-13(19-16-15-11)12(17)8-4-5-9(14)10(6-8)18-3/h4-7H,1-3H3. The van der Waals surface area contributed by atoms with Gasteiger partial charge < -0.3 is 4.74 Å². The molecule has 6 heteroatoms. The van der Waals surface area contributed by atoms with Gasteiger partial charge in [0, 0.05) is 5.56 Å². The Bertz CT molecular complexity index is 610. The Hall–Kier alpha value is -1.46. The summed E-state index contributed by atoms with van der Waals surface area (Å²) >= 11 is 7.06. The SMILES string of the molecule is COc1cc(C(=O)c2snnc2C(C)C)ccc1Cl. The van der Waals surface area contributed by atoms with Crippen LogP contribution in [0.4, 0.5) is 0 Å². The van der Waals surface area contributed by atoms with Crippen molar-refractivity contribution in [1.29, 1.82) is 0 Å². The fraction of sp³-hybridized carbons (Fsp3) is 0.308. The molecule has 0 aliphatic carbocycles. The van der Waals surface area contributed by atoms with E-state index in [1.54, 1.807) is 18.2 Å². The third-order valence-corrected chi connectivity index (χ3v) is 3.73. The summed E-state index contributed by atoms with van der Waals surface area (Å²) in [6.45, 7) is 3.96. The van der Waals surface area contributed by atoms with Crippen molar-refractivity contribution in [2.75, 3.05) is 7.11 Å². The molecule has 0 saturated heterocycles. The Kier molecular flexibility index (Phi) is 4.17. The molecule has 0 aliphatic rings. The number of rotatable bonds is 4. The van der Waals surface area contributed by atoms with E-state index in [1.165, 1.54) is 7.11 Å². The molecular weight excluding hydrogens is 284 g/mol. The van der Waals surface area contributed by atoms with Crippen LogP contribution in [0.1, 0.15) is 40.7 Å². The molecule has 0 fully saturated rings. The van der Waals surface area contributed by atoms with Gasteiger partial charge in [0.05, 0.1) is 17.8 Å². The van der Waals surface area contributed by atoms with Crippen molar-refractivity contribution < 1.29 is 9.53 Å². The molecule has 0 unspecified atom stereocenters. The first-order valence-electron chi connectivity index (χ1n) is 5.75. The maximum Gasteiger partial charge on any atom is 0.206 e. The van der Waals surface area contributed by atoms with E-state index in [4.69, 9.17) is 16.3 Å². The number of methoxy groups -OCH3 is 1. The molecule has 0 amide bonds. The number of ether oxygens (including phenoxy) is 1. The second kappa shape index (κ2) is 5.67. The fourth-order valence-corrected chi connectivity index (χ4v) is 2.64. The van der Waals surface area contributed by atoms with Gasteiger partial charge in [0.25, 0.3) is 0 Å². The van der Waals surface area contributed by atoms with Crippen LogP contribution in [0, 0.1) is 0 Å². The van der Waals surface area contributed by atoms with Gasteiger partial charge in [-0.05, 0) is 35.6 Å². The Morgan fingerprint density at radius 1 is 1.42 bits per heavy atom. The molecule has 0 radical (unpaired) electrons. The zero-order valence-corrected chi connectivity index (χ0v) is 12.4. The zero-order chi connectivity index (χ0) is 14.0. The van der Waals surface area contributed by atoms with Crippen LogP contribution in [0.25, 0.3) is 0 Å². The first-order chi connectivity index (χ1) is 9.04. The molecule has 0 spiro atoms. The fourth-order valence-electron chi connectivity index (χ4n) is 1.66. The highest BCUT2D eigenvalue weighted by molar-refractivity contribution is 7.08. The van der Waals surface area contributed by atoms with Crippen molar-refractivity contribution in [3.05, 3.63) is 39.4 Å². The molecule has 4 nitrogen and oxygen atoms in total. The van der Waals surface area contributed by atoms with Gasteiger partial charge in [-0.15, -0.1) is 5.10 Å². The second-order valence-electron chi connectivity index (χ2n) is 4.32. The van der Waals surface area contributed by atoms with Gasteiger partial charge in [0.2, 0.25) is 5.78 Å². The Labute approximate surface area is 120 Å². The smallest absolute Gasteiger partial charge is 0.206 e. The van der Waals surface area contributed by atoms with Crippen LogP contribution in [0.3, 0.4) is 0 Å². The monoisotopic (exact) mass is 296 g/mol. The van der Waals surface area contributed by atoms with Gasteiger partial charge >= 0.3 is 0 Å². The molecule has 100 valence electrons. The summed E-state index contributed by atoms with van der Waals surface area (Å²) in [5, 5.41) is 4.49. The molecule has 19 heavy (non-hydrogen) atoms. The third kappa shape index (κ3) is 2.77. The van der Waals surface area contributed by atoms with Crippen LogP contribution in [0.2, 0.25) is 5.02 Å². The largest absolute Gasteiger partial charge is 0.495 e. The van der Waals surface area contributed by atoms with E-state index in [2.05, 4.69) is 9.59 Å². The topological polar surface area (TPSA) is 52.1 Å². The molecule has 1 aromatic heterocycles. The maximum atomic E-state index is 12.4. The Balaban J connectivity index is 2.41. The van der Waals surface area contributed by atoms with E-state index in [-0.39, 0.29) is 11.7 Å². The Morgan fingerprint density at radius 2 is 2.16 bits per heavy atom. The number of halogens is 1. The normalized spacial score (nSPS) is 10.8. The molecule has 1 heterocycles. The summed E-state index contributed by atoms with van der Waals surface area (Å²) in [7, 11) is 1.52.